The van der Waals surface area contributed by atoms with E-state index in [9.17, 15) is 0 Å². The second-order valence-electron chi connectivity index (χ2n) is 3.92. The molecule has 5 heteroatoms. The van der Waals surface area contributed by atoms with Gasteiger partial charge in [0.2, 0.25) is 0 Å². The Morgan fingerprint density at radius 2 is 2.22 bits per heavy atom. The number of aliphatic hydroxyl groups excluding tert-OH is 1. The number of aliphatic hydroxyl groups is 1. The minimum Gasteiger partial charge on any atom is -0.492 e. The summed E-state index contributed by atoms with van der Waals surface area (Å²) in [6.07, 6.45) is 0.796. The van der Waals surface area contributed by atoms with Crippen molar-refractivity contribution in [3.8, 4) is 5.75 Å². The lowest BCUT2D eigenvalue weighted by Crippen LogP contribution is -2.36. The van der Waals surface area contributed by atoms with Crippen molar-refractivity contribution in [1.82, 2.24) is 5.32 Å². The molecule has 0 saturated carbocycles. The summed E-state index contributed by atoms with van der Waals surface area (Å²) in [6.45, 7) is 2.02. The van der Waals surface area contributed by atoms with Crippen molar-refractivity contribution in [1.29, 1.82) is 0 Å². The van der Waals surface area contributed by atoms with Crippen LogP contribution in [0.1, 0.15) is 6.42 Å². The first-order valence-corrected chi connectivity index (χ1v) is 6.77. The van der Waals surface area contributed by atoms with E-state index >= 15 is 0 Å². The van der Waals surface area contributed by atoms with Gasteiger partial charge in [-0.3, -0.25) is 0 Å². The van der Waals surface area contributed by atoms with Gasteiger partial charge in [-0.25, -0.2) is 0 Å². The Labute approximate surface area is 116 Å². The molecule has 102 valence electrons. The van der Waals surface area contributed by atoms with Gasteiger partial charge in [-0.1, -0.05) is 22.0 Å². The monoisotopic (exact) mass is 317 g/mol. The van der Waals surface area contributed by atoms with E-state index in [1.54, 1.807) is 7.11 Å². The molecule has 1 aromatic rings. The highest BCUT2D eigenvalue weighted by Crippen LogP contribution is 2.17. The van der Waals surface area contributed by atoms with Crippen LogP contribution in [0.2, 0.25) is 0 Å². The lowest BCUT2D eigenvalue weighted by atomic mass is 10.2. The number of rotatable bonds is 9. The van der Waals surface area contributed by atoms with Gasteiger partial charge in [-0.05, 0) is 24.6 Å². The van der Waals surface area contributed by atoms with Crippen molar-refractivity contribution in [2.75, 3.05) is 33.5 Å². The van der Waals surface area contributed by atoms with E-state index in [0.29, 0.717) is 19.8 Å². The van der Waals surface area contributed by atoms with E-state index in [1.807, 2.05) is 24.3 Å². The molecule has 4 nitrogen and oxygen atoms in total. The first kappa shape index (κ1) is 15.4. The van der Waals surface area contributed by atoms with Gasteiger partial charge in [0.1, 0.15) is 12.4 Å². The van der Waals surface area contributed by atoms with Crippen molar-refractivity contribution >= 4 is 15.9 Å². The SMILES string of the molecule is COCCC(CO)NCCOc1cccc(Br)c1. The van der Waals surface area contributed by atoms with E-state index < -0.39 is 0 Å². The lowest BCUT2D eigenvalue weighted by molar-refractivity contribution is 0.157. The summed E-state index contributed by atoms with van der Waals surface area (Å²) in [6, 6.07) is 7.80. The first-order chi connectivity index (χ1) is 8.76. The van der Waals surface area contributed by atoms with Gasteiger partial charge in [0.05, 0.1) is 6.61 Å². The summed E-state index contributed by atoms with van der Waals surface area (Å²) in [4.78, 5) is 0. The summed E-state index contributed by atoms with van der Waals surface area (Å²) in [7, 11) is 1.66. The van der Waals surface area contributed by atoms with E-state index in [1.165, 1.54) is 0 Å². The molecule has 1 unspecified atom stereocenters. The minimum atomic E-state index is 0.0658. The largest absolute Gasteiger partial charge is 0.492 e. The van der Waals surface area contributed by atoms with Crippen LogP contribution in [0.25, 0.3) is 0 Å². The second kappa shape index (κ2) is 9.33. The Morgan fingerprint density at radius 1 is 1.39 bits per heavy atom. The van der Waals surface area contributed by atoms with E-state index in [2.05, 4.69) is 21.2 Å². The average molecular weight is 318 g/mol. The molecule has 0 aliphatic carbocycles. The molecule has 0 spiro atoms. The molecule has 2 N–H and O–H groups in total. The summed E-state index contributed by atoms with van der Waals surface area (Å²) in [5.74, 6) is 0.837. The van der Waals surface area contributed by atoms with Crippen molar-refractivity contribution < 1.29 is 14.6 Å². The molecule has 0 saturated heterocycles. The van der Waals surface area contributed by atoms with Crippen molar-refractivity contribution in [3.05, 3.63) is 28.7 Å². The maximum absolute atomic E-state index is 9.14. The fourth-order valence-electron chi connectivity index (χ4n) is 1.51. The van der Waals surface area contributed by atoms with Crippen LogP contribution in [0.5, 0.6) is 5.75 Å². The van der Waals surface area contributed by atoms with Crippen molar-refractivity contribution in [2.24, 2.45) is 0 Å². The lowest BCUT2D eigenvalue weighted by Gasteiger charge is -2.16. The van der Waals surface area contributed by atoms with Crippen LogP contribution in [-0.2, 0) is 4.74 Å². The van der Waals surface area contributed by atoms with Crippen molar-refractivity contribution in [2.45, 2.75) is 12.5 Å². The van der Waals surface area contributed by atoms with Gasteiger partial charge < -0.3 is 19.9 Å². The number of benzene rings is 1. The quantitative estimate of drug-likeness (QED) is 0.682. The van der Waals surface area contributed by atoms with Crippen LogP contribution in [0.3, 0.4) is 0 Å². The standard InChI is InChI=1S/C13H20BrNO3/c1-17-7-5-12(10-16)15-6-8-18-13-4-2-3-11(14)9-13/h2-4,9,12,15-16H,5-8,10H2,1H3. The third-order valence-electron chi connectivity index (χ3n) is 2.49. The fraction of sp³-hybridized carbons (Fsp3) is 0.538. The maximum Gasteiger partial charge on any atom is 0.120 e. The molecule has 1 rings (SSSR count). The predicted octanol–water partition coefficient (Wildman–Crippen LogP) is 1.81. The van der Waals surface area contributed by atoms with Gasteiger partial charge in [-0.15, -0.1) is 0 Å². The molecule has 0 amide bonds. The summed E-state index contributed by atoms with van der Waals surface area (Å²) in [5, 5.41) is 12.4. The highest BCUT2D eigenvalue weighted by Gasteiger charge is 2.05. The molecule has 0 aromatic heterocycles. The Balaban J connectivity index is 2.17. The van der Waals surface area contributed by atoms with Gasteiger partial charge in [0, 0.05) is 30.8 Å². The van der Waals surface area contributed by atoms with Gasteiger partial charge in [0.15, 0.2) is 0 Å². The molecule has 0 aliphatic rings. The molecular weight excluding hydrogens is 298 g/mol. The summed E-state index contributed by atoms with van der Waals surface area (Å²) < 4.78 is 11.6. The molecular formula is C13H20BrNO3. The van der Waals surface area contributed by atoms with E-state index in [4.69, 9.17) is 14.6 Å². The van der Waals surface area contributed by atoms with Gasteiger partial charge in [0.25, 0.3) is 0 Å². The number of halogens is 1. The van der Waals surface area contributed by atoms with E-state index in [-0.39, 0.29) is 12.6 Å². The van der Waals surface area contributed by atoms with Crippen LogP contribution in [0.15, 0.2) is 28.7 Å². The van der Waals surface area contributed by atoms with Gasteiger partial charge >= 0.3 is 0 Å². The maximum atomic E-state index is 9.14. The second-order valence-corrected chi connectivity index (χ2v) is 4.84. The smallest absolute Gasteiger partial charge is 0.120 e. The Kier molecular flexibility index (Phi) is 8.00. The zero-order valence-corrected chi connectivity index (χ0v) is 12.1. The zero-order chi connectivity index (χ0) is 13.2. The van der Waals surface area contributed by atoms with Crippen LogP contribution < -0.4 is 10.1 Å². The Bertz CT molecular complexity index is 336. The Morgan fingerprint density at radius 3 is 2.89 bits per heavy atom. The topological polar surface area (TPSA) is 50.7 Å². The number of ether oxygens (including phenoxy) is 2. The van der Waals surface area contributed by atoms with Crippen LogP contribution in [-0.4, -0.2) is 44.6 Å². The molecule has 0 bridgehead atoms. The predicted molar refractivity (Wildman–Crippen MR) is 75.0 cm³/mol. The third kappa shape index (κ3) is 6.35. The molecule has 0 heterocycles. The summed E-state index contributed by atoms with van der Waals surface area (Å²) >= 11 is 3.39. The number of methoxy groups -OCH3 is 1. The van der Waals surface area contributed by atoms with Crippen LogP contribution in [0, 0.1) is 0 Å². The number of hydrogen-bond donors (Lipinski definition) is 2. The highest BCUT2D eigenvalue weighted by molar-refractivity contribution is 9.10. The molecule has 1 atom stereocenters. The first-order valence-electron chi connectivity index (χ1n) is 5.98. The number of hydrogen-bond acceptors (Lipinski definition) is 4. The Hall–Kier alpha value is -0.620. The van der Waals surface area contributed by atoms with Crippen molar-refractivity contribution in [3.63, 3.8) is 0 Å². The molecule has 0 fully saturated rings. The highest BCUT2D eigenvalue weighted by atomic mass is 79.9. The molecule has 18 heavy (non-hydrogen) atoms. The summed E-state index contributed by atoms with van der Waals surface area (Å²) in [5.41, 5.74) is 0. The normalized spacial score (nSPS) is 12.4. The van der Waals surface area contributed by atoms with E-state index in [0.717, 1.165) is 16.6 Å². The molecule has 0 radical (unpaired) electrons. The average Bonchev–Trinajstić information content (AvgIpc) is 2.38. The van der Waals surface area contributed by atoms with Crippen LogP contribution in [0.4, 0.5) is 0 Å². The molecule has 0 aliphatic heterocycles. The minimum absolute atomic E-state index is 0.0658. The fourth-order valence-corrected chi connectivity index (χ4v) is 1.88. The zero-order valence-electron chi connectivity index (χ0n) is 10.6. The number of nitrogens with one attached hydrogen (secondary N) is 1. The van der Waals surface area contributed by atoms with Crippen LogP contribution >= 0.6 is 15.9 Å². The third-order valence-corrected chi connectivity index (χ3v) is 2.98. The van der Waals surface area contributed by atoms with Gasteiger partial charge in [-0.2, -0.15) is 0 Å². The molecule has 1 aromatic carbocycles.